The number of pyridine rings is 1. The molecule has 0 atom stereocenters. The molecule has 2 heterocycles. The largest absolute Gasteiger partial charge is 0.490 e. The fraction of sp³-hybridized carbons (Fsp3) is 0.625. The van der Waals surface area contributed by atoms with Crippen molar-refractivity contribution in [1.29, 1.82) is 0 Å². The first kappa shape index (κ1) is 22.1. The molecule has 148 valence electrons. The van der Waals surface area contributed by atoms with Crippen LogP contribution in [0.25, 0.3) is 0 Å². The Morgan fingerprint density at radius 1 is 1.31 bits per heavy atom. The van der Waals surface area contributed by atoms with Crippen molar-refractivity contribution in [2.45, 2.75) is 31.2 Å². The molecule has 0 aromatic carbocycles. The summed E-state index contributed by atoms with van der Waals surface area (Å²) in [5.74, 6) is -1.39. The molecule has 2 rings (SSSR count). The Kier molecular flexibility index (Phi) is 8.76. The highest BCUT2D eigenvalue weighted by Crippen LogP contribution is 2.32. The fourth-order valence-corrected chi connectivity index (χ4v) is 2.61. The Morgan fingerprint density at radius 3 is 2.27 bits per heavy atom. The van der Waals surface area contributed by atoms with Gasteiger partial charge in [0.1, 0.15) is 11.5 Å². The predicted octanol–water partition coefficient (Wildman–Crippen LogP) is 2.51. The van der Waals surface area contributed by atoms with E-state index in [2.05, 4.69) is 21.7 Å². The number of aromatic nitrogens is 1. The molecule has 0 bridgehead atoms. The van der Waals surface area contributed by atoms with Gasteiger partial charge in [-0.25, -0.2) is 9.78 Å². The zero-order chi connectivity index (χ0) is 19.7. The monoisotopic (exact) mass is 379 g/mol. The molecule has 1 aliphatic rings. The number of nitrogens with zero attached hydrogens (tertiary/aromatic N) is 1. The summed E-state index contributed by atoms with van der Waals surface area (Å²) in [6.07, 6.45) is -3.22. The molecule has 1 aromatic rings. The second-order valence-corrected chi connectivity index (χ2v) is 5.55. The van der Waals surface area contributed by atoms with Crippen LogP contribution < -0.4 is 10.6 Å². The molecule has 1 aromatic heterocycles. The topological polar surface area (TPSA) is 92.7 Å². The van der Waals surface area contributed by atoms with Crippen LogP contribution in [0.3, 0.4) is 0 Å². The maximum Gasteiger partial charge on any atom is 0.490 e. The van der Waals surface area contributed by atoms with Gasteiger partial charge in [-0.1, -0.05) is 6.07 Å². The maximum atomic E-state index is 10.6. The van der Waals surface area contributed by atoms with Gasteiger partial charge in [-0.05, 0) is 43.5 Å². The summed E-state index contributed by atoms with van der Waals surface area (Å²) in [7, 11) is 5.16. The van der Waals surface area contributed by atoms with Crippen LogP contribution in [0.2, 0.25) is 0 Å². The minimum atomic E-state index is -5.08. The molecule has 1 saturated heterocycles. The highest BCUT2D eigenvalue weighted by Gasteiger charge is 2.38. The summed E-state index contributed by atoms with van der Waals surface area (Å²) in [4.78, 5) is 13.5. The zero-order valence-corrected chi connectivity index (χ0v) is 14.9. The van der Waals surface area contributed by atoms with E-state index in [1.807, 2.05) is 13.1 Å². The zero-order valence-electron chi connectivity index (χ0n) is 14.9. The Bertz CT molecular complexity index is 574. The molecule has 0 aliphatic carbocycles. The van der Waals surface area contributed by atoms with E-state index >= 15 is 0 Å². The normalized spacial score (nSPS) is 15.3. The molecular formula is C16H24F3N3O4. The third-order valence-electron chi connectivity index (χ3n) is 3.89. The number of hydrogen-bond acceptors (Lipinski definition) is 6. The van der Waals surface area contributed by atoms with E-state index in [0.29, 0.717) is 5.92 Å². The van der Waals surface area contributed by atoms with Crippen molar-refractivity contribution >= 4 is 11.8 Å². The number of piperidine rings is 1. The van der Waals surface area contributed by atoms with Crippen molar-refractivity contribution in [3.05, 3.63) is 23.4 Å². The number of carboxylic acid groups (broad SMARTS) is 1. The molecule has 1 aliphatic heterocycles. The molecule has 0 radical (unpaired) electrons. The van der Waals surface area contributed by atoms with Crippen LogP contribution in [0.4, 0.5) is 19.0 Å². The standard InChI is InChI=1S/C14H23N3O2.C2HF3O2/c1-15-12-5-4-11(10-6-8-16-9-7-10)13(17-12)14(18-2)19-3;3-2(4,5)1(6)7/h4-5,10,14,16H,6-9H2,1-3H3,(H,15,17);(H,6,7). The summed E-state index contributed by atoms with van der Waals surface area (Å²) in [5, 5.41) is 13.6. The molecule has 0 unspecified atom stereocenters. The number of rotatable bonds is 5. The van der Waals surface area contributed by atoms with E-state index in [9.17, 15) is 13.2 Å². The molecule has 0 saturated carbocycles. The SMILES string of the molecule is CNc1ccc(C2CCNCC2)c(C(OC)OC)n1.O=C(O)C(F)(F)F. The van der Waals surface area contributed by atoms with Gasteiger partial charge >= 0.3 is 12.1 Å². The fourth-order valence-electron chi connectivity index (χ4n) is 2.61. The van der Waals surface area contributed by atoms with E-state index in [1.165, 1.54) is 5.56 Å². The number of halogens is 3. The Hall–Kier alpha value is -1.91. The average Bonchev–Trinajstić information content (AvgIpc) is 2.63. The average molecular weight is 379 g/mol. The van der Waals surface area contributed by atoms with Gasteiger partial charge in [-0.15, -0.1) is 0 Å². The van der Waals surface area contributed by atoms with Crippen LogP contribution in [0.1, 0.15) is 36.3 Å². The van der Waals surface area contributed by atoms with Crippen LogP contribution >= 0.6 is 0 Å². The number of carboxylic acids is 1. The predicted molar refractivity (Wildman–Crippen MR) is 89.1 cm³/mol. The van der Waals surface area contributed by atoms with E-state index in [0.717, 1.165) is 37.4 Å². The number of anilines is 1. The van der Waals surface area contributed by atoms with Crippen molar-refractivity contribution < 1.29 is 32.5 Å². The summed E-state index contributed by atoms with van der Waals surface area (Å²) in [6.45, 7) is 2.12. The molecule has 1 fully saturated rings. The van der Waals surface area contributed by atoms with Crippen LogP contribution in [0, 0.1) is 0 Å². The van der Waals surface area contributed by atoms with Crippen molar-refractivity contribution in [3.63, 3.8) is 0 Å². The smallest absolute Gasteiger partial charge is 0.475 e. The highest BCUT2D eigenvalue weighted by atomic mass is 19.4. The molecule has 10 heteroatoms. The number of ether oxygens (including phenoxy) is 2. The minimum absolute atomic E-state index is 0.404. The summed E-state index contributed by atoms with van der Waals surface area (Å²) < 4.78 is 42.5. The quantitative estimate of drug-likeness (QED) is 0.677. The summed E-state index contributed by atoms with van der Waals surface area (Å²) in [5.41, 5.74) is 2.14. The van der Waals surface area contributed by atoms with Crippen LogP contribution in [-0.2, 0) is 14.3 Å². The van der Waals surface area contributed by atoms with Crippen LogP contribution in [0.5, 0.6) is 0 Å². The summed E-state index contributed by atoms with van der Waals surface area (Å²) >= 11 is 0. The van der Waals surface area contributed by atoms with Gasteiger partial charge in [-0.2, -0.15) is 13.2 Å². The van der Waals surface area contributed by atoms with E-state index < -0.39 is 18.4 Å². The Morgan fingerprint density at radius 2 is 1.85 bits per heavy atom. The first-order chi connectivity index (χ1) is 12.2. The molecule has 7 nitrogen and oxygen atoms in total. The highest BCUT2D eigenvalue weighted by molar-refractivity contribution is 5.73. The van der Waals surface area contributed by atoms with Gasteiger partial charge in [0.05, 0.1) is 0 Å². The lowest BCUT2D eigenvalue weighted by Crippen LogP contribution is -2.27. The number of methoxy groups -OCH3 is 2. The second-order valence-electron chi connectivity index (χ2n) is 5.55. The van der Waals surface area contributed by atoms with Crippen LogP contribution in [-0.4, -0.2) is 56.6 Å². The molecule has 0 spiro atoms. The lowest BCUT2D eigenvalue weighted by molar-refractivity contribution is -0.192. The Labute approximate surface area is 149 Å². The van der Waals surface area contributed by atoms with E-state index in [-0.39, 0.29) is 0 Å². The first-order valence-electron chi connectivity index (χ1n) is 7.99. The molecule has 26 heavy (non-hydrogen) atoms. The van der Waals surface area contributed by atoms with Gasteiger partial charge in [-0.3, -0.25) is 0 Å². The molecule has 3 N–H and O–H groups in total. The van der Waals surface area contributed by atoms with Gasteiger partial charge in [0, 0.05) is 21.3 Å². The Balaban J connectivity index is 0.000000412. The molecular weight excluding hydrogens is 355 g/mol. The first-order valence-corrected chi connectivity index (χ1v) is 7.99. The third-order valence-corrected chi connectivity index (χ3v) is 3.89. The van der Waals surface area contributed by atoms with Crippen molar-refractivity contribution in [1.82, 2.24) is 10.3 Å². The number of alkyl halides is 3. The van der Waals surface area contributed by atoms with Gasteiger partial charge in [0.2, 0.25) is 6.29 Å². The van der Waals surface area contributed by atoms with E-state index in [1.54, 1.807) is 14.2 Å². The number of aliphatic carboxylic acids is 1. The minimum Gasteiger partial charge on any atom is -0.475 e. The molecule has 0 amide bonds. The summed E-state index contributed by atoms with van der Waals surface area (Å²) in [6, 6.07) is 4.17. The number of carbonyl (C=O) groups is 1. The lowest BCUT2D eigenvalue weighted by atomic mass is 9.89. The van der Waals surface area contributed by atoms with Gasteiger partial charge in [0.25, 0.3) is 0 Å². The van der Waals surface area contributed by atoms with Crippen molar-refractivity contribution in [2.24, 2.45) is 0 Å². The lowest BCUT2D eigenvalue weighted by Gasteiger charge is -2.26. The van der Waals surface area contributed by atoms with Crippen LogP contribution in [0.15, 0.2) is 12.1 Å². The maximum absolute atomic E-state index is 10.6. The van der Waals surface area contributed by atoms with Gasteiger partial charge < -0.3 is 25.2 Å². The van der Waals surface area contributed by atoms with Crippen molar-refractivity contribution in [2.75, 3.05) is 39.7 Å². The van der Waals surface area contributed by atoms with Crippen molar-refractivity contribution in [3.8, 4) is 0 Å². The number of nitrogens with one attached hydrogen (secondary N) is 2. The second kappa shape index (κ2) is 10.3. The third kappa shape index (κ3) is 6.43. The van der Waals surface area contributed by atoms with Gasteiger partial charge in [0.15, 0.2) is 0 Å². The number of hydrogen-bond donors (Lipinski definition) is 3. The van der Waals surface area contributed by atoms with E-state index in [4.69, 9.17) is 19.4 Å².